The lowest BCUT2D eigenvalue weighted by molar-refractivity contribution is -0.0640. The molecule has 0 amide bonds. The number of aliphatic hydroxyl groups is 1. The number of ether oxygens (including phenoxy) is 1. The Morgan fingerprint density at radius 1 is 1.16 bits per heavy atom. The summed E-state index contributed by atoms with van der Waals surface area (Å²) >= 11 is 6.56. The number of halogens is 1. The lowest BCUT2D eigenvalue weighted by Crippen LogP contribution is -2.34. The predicted molar refractivity (Wildman–Crippen MR) is 143 cm³/mol. The molecule has 2 saturated carbocycles. The summed E-state index contributed by atoms with van der Waals surface area (Å²) in [6.45, 7) is 2.39. The second-order valence-electron chi connectivity index (χ2n) is 10.5. The SMILES string of the molecule is Cc1cccc(Cl)c1-c1noc(C2CC2)c1CO[C@H]1CC[C@](O)(c2ccc3nccc(C(=O)O)c3c2)CC1. The molecule has 2 aliphatic rings. The lowest BCUT2D eigenvalue weighted by atomic mass is 9.78. The van der Waals surface area contributed by atoms with Crippen molar-refractivity contribution in [2.24, 2.45) is 0 Å². The molecule has 2 fully saturated rings. The van der Waals surface area contributed by atoms with E-state index < -0.39 is 11.6 Å². The van der Waals surface area contributed by atoms with E-state index in [0.29, 0.717) is 59.7 Å². The van der Waals surface area contributed by atoms with Gasteiger partial charge in [-0.25, -0.2) is 4.79 Å². The van der Waals surface area contributed by atoms with E-state index in [1.54, 1.807) is 12.1 Å². The molecule has 0 aliphatic heterocycles. The molecule has 0 saturated heterocycles. The van der Waals surface area contributed by atoms with E-state index in [1.165, 1.54) is 12.3 Å². The molecule has 4 aromatic rings. The molecular weight excluding hydrogens is 504 g/mol. The van der Waals surface area contributed by atoms with Gasteiger partial charge in [-0.1, -0.05) is 35.0 Å². The fourth-order valence-corrected chi connectivity index (χ4v) is 5.91. The van der Waals surface area contributed by atoms with Crippen LogP contribution in [-0.4, -0.2) is 32.4 Å². The standard InChI is InChI=1S/C30H29ClN2O5/c1-17-3-2-4-24(31)26(17)27-23(28(38-33-27)18-5-6-18)16-37-20-9-12-30(36,13-10-20)19-7-8-25-22(15-19)21(29(34)35)11-14-32-25/h2-4,7-8,11,14-15,18,20,36H,5-6,9-10,12-13,16H2,1H3,(H,34,35)/t20-,30+. The van der Waals surface area contributed by atoms with Crippen molar-refractivity contribution in [2.45, 2.75) is 69.7 Å². The lowest BCUT2D eigenvalue weighted by Gasteiger charge is -2.36. The van der Waals surface area contributed by atoms with Gasteiger partial charge in [-0.05, 0) is 80.8 Å². The fourth-order valence-electron chi connectivity index (χ4n) is 5.60. The molecule has 38 heavy (non-hydrogen) atoms. The number of rotatable bonds is 7. The van der Waals surface area contributed by atoms with Crippen molar-refractivity contribution in [1.82, 2.24) is 10.1 Å². The van der Waals surface area contributed by atoms with Crippen molar-refractivity contribution in [2.75, 3.05) is 0 Å². The van der Waals surface area contributed by atoms with E-state index >= 15 is 0 Å². The van der Waals surface area contributed by atoms with Crippen LogP contribution < -0.4 is 0 Å². The van der Waals surface area contributed by atoms with Crippen molar-refractivity contribution < 1.29 is 24.3 Å². The molecule has 0 unspecified atom stereocenters. The molecule has 0 atom stereocenters. The molecule has 2 aromatic carbocycles. The highest BCUT2D eigenvalue weighted by Crippen LogP contribution is 2.46. The number of aryl methyl sites for hydroxylation is 1. The van der Waals surface area contributed by atoms with Crippen LogP contribution >= 0.6 is 11.6 Å². The Bertz CT molecular complexity index is 1500. The minimum absolute atomic E-state index is 0.0193. The Kier molecular flexibility index (Phi) is 6.46. The number of hydrogen-bond donors (Lipinski definition) is 2. The van der Waals surface area contributed by atoms with E-state index in [9.17, 15) is 15.0 Å². The minimum Gasteiger partial charge on any atom is -0.478 e. The van der Waals surface area contributed by atoms with Crippen LogP contribution in [0, 0.1) is 6.92 Å². The Balaban J connectivity index is 1.19. The zero-order chi connectivity index (χ0) is 26.4. The van der Waals surface area contributed by atoms with Gasteiger partial charge in [0.05, 0.1) is 34.4 Å². The van der Waals surface area contributed by atoms with Crippen molar-refractivity contribution in [1.29, 1.82) is 0 Å². The maximum Gasteiger partial charge on any atom is 0.336 e. The largest absolute Gasteiger partial charge is 0.478 e. The molecule has 2 aliphatic carbocycles. The van der Waals surface area contributed by atoms with E-state index in [4.69, 9.17) is 20.9 Å². The van der Waals surface area contributed by atoms with Gasteiger partial charge >= 0.3 is 5.97 Å². The van der Waals surface area contributed by atoms with E-state index in [2.05, 4.69) is 10.1 Å². The molecule has 2 heterocycles. The number of aromatic carboxylic acids is 1. The Morgan fingerprint density at radius 3 is 2.66 bits per heavy atom. The van der Waals surface area contributed by atoms with Gasteiger partial charge in [-0.15, -0.1) is 0 Å². The van der Waals surface area contributed by atoms with Crippen LogP contribution in [-0.2, 0) is 16.9 Å². The molecule has 0 bridgehead atoms. The molecule has 6 rings (SSSR count). The zero-order valence-corrected chi connectivity index (χ0v) is 21.9. The highest BCUT2D eigenvalue weighted by molar-refractivity contribution is 6.33. The molecule has 0 radical (unpaired) electrons. The van der Waals surface area contributed by atoms with E-state index in [0.717, 1.165) is 41.0 Å². The smallest absolute Gasteiger partial charge is 0.336 e. The monoisotopic (exact) mass is 532 g/mol. The summed E-state index contributed by atoms with van der Waals surface area (Å²) in [6.07, 6.45) is 6.04. The first-order valence-electron chi connectivity index (χ1n) is 13.0. The molecule has 0 spiro atoms. The number of aromatic nitrogens is 2. The molecule has 196 valence electrons. The summed E-state index contributed by atoms with van der Waals surface area (Å²) in [6, 6.07) is 12.7. The third-order valence-electron chi connectivity index (χ3n) is 7.96. The van der Waals surface area contributed by atoms with Gasteiger partial charge in [0.15, 0.2) is 0 Å². The Hall–Kier alpha value is -3.26. The fraction of sp³-hybridized carbons (Fsp3) is 0.367. The average Bonchev–Trinajstić information content (AvgIpc) is 3.67. The van der Waals surface area contributed by atoms with Crippen LogP contribution in [0.15, 0.2) is 53.2 Å². The predicted octanol–water partition coefficient (Wildman–Crippen LogP) is 6.77. The summed E-state index contributed by atoms with van der Waals surface area (Å²) in [7, 11) is 0. The molecule has 2 aromatic heterocycles. The van der Waals surface area contributed by atoms with E-state index in [-0.39, 0.29) is 11.7 Å². The number of hydrogen-bond acceptors (Lipinski definition) is 6. The second kappa shape index (κ2) is 9.80. The van der Waals surface area contributed by atoms with Gasteiger partial charge < -0.3 is 19.5 Å². The minimum atomic E-state index is -1.05. The number of benzene rings is 2. The quantitative estimate of drug-likeness (QED) is 0.270. The van der Waals surface area contributed by atoms with Crippen molar-refractivity contribution in [3.63, 3.8) is 0 Å². The van der Waals surface area contributed by atoms with Crippen LogP contribution in [0.1, 0.15) is 77.3 Å². The highest BCUT2D eigenvalue weighted by Gasteiger charge is 2.37. The normalized spacial score (nSPS) is 21.6. The number of carboxylic acid groups (broad SMARTS) is 1. The van der Waals surface area contributed by atoms with Crippen LogP contribution in [0.2, 0.25) is 5.02 Å². The summed E-state index contributed by atoms with van der Waals surface area (Å²) in [4.78, 5) is 16.0. The number of pyridine rings is 1. The number of carboxylic acids is 1. The summed E-state index contributed by atoms with van der Waals surface area (Å²) in [5.74, 6) is 0.266. The van der Waals surface area contributed by atoms with Crippen molar-refractivity contribution >= 4 is 28.5 Å². The number of fused-ring (bicyclic) bond motifs is 1. The van der Waals surface area contributed by atoms with Gasteiger partial charge in [0.2, 0.25) is 0 Å². The molecule has 2 N–H and O–H groups in total. The molecule has 8 heteroatoms. The van der Waals surface area contributed by atoms with Gasteiger partial charge in [0.25, 0.3) is 0 Å². The third kappa shape index (κ3) is 4.59. The second-order valence-corrected chi connectivity index (χ2v) is 10.9. The topological polar surface area (TPSA) is 106 Å². The van der Waals surface area contributed by atoms with Crippen molar-refractivity contribution in [3.05, 3.63) is 81.7 Å². The molecule has 7 nitrogen and oxygen atoms in total. The first-order chi connectivity index (χ1) is 18.3. The Morgan fingerprint density at radius 2 is 1.95 bits per heavy atom. The number of nitrogens with zero attached hydrogens (tertiary/aromatic N) is 2. The maximum absolute atomic E-state index is 11.7. The first kappa shape index (κ1) is 25.0. The summed E-state index contributed by atoms with van der Waals surface area (Å²) in [5, 5.41) is 26.7. The van der Waals surface area contributed by atoms with Gasteiger partial charge in [0.1, 0.15) is 11.5 Å². The van der Waals surface area contributed by atoms with Gasteiger partial charge in [0, 0.05) is 28.6 Å². The zero-order valence-electron chi connectivity index (χ0n) is 21.1. The third-order valence-corrected chi connectivity index (χ3v) is 8.27. The average molecular weight is 533 g/mol. The van der Waals surface area contributed by atoms with Gasteiger partial charge in [-0.2, -0.15) is 0 Å². The summed E-state index contributed by atoms with van der Waals surface area (Å²) in [5.41, 5.74) is 4.08. The maximum atomic E-state index is 11.7. The Labute approximate surface area is 225 Å². The summed E-state index contributed by atoms with van der Waals surface area (Å²) < 4.78 is 12.2. The first-order valence-corrected chi connectivity index (χ1v) is 13.4. The molecular formula is C30H29ClN2O5. The number of carbonyl (C=O) groups is 1. The van der Waals surface area contributed by atoms with Crippen LogP contribution in [0.3, 0.4) is 0 Å². The van der Waals surface area contributed by atoms with Crippen molar-refractivity contribution in [3.8, 4) is 11.3 Å². The van der Waals surface area contributed by atoms with Crippen LogP contribution in [0.25, 0.3) is 22.2 Å². The van der Waals surface area contributed by atoms with Crippen LogP contribution in [0.5, 0.6) is 0 Å². The van der Waals surface area contributed by atoms with E-state index in [1.807, 2.05) is 31.2 Å². The van der Waals surface area contributed by atoms with Crippen LogP contribution in [0.4, 0.5) is 0 Å². The highest BCUT2D eigenvalue weighted by atomic mass is 35.5. The van der Waals surface area contributed by atoms with Gasteiger partial charge in [-0.3, -0.25) is 4.98 Å².